The normalized spacial score (nSPS) is 17.3. The molecule has 0 saturated heterocycles. The van der Waals surface area contributed by atoms with Crippen LogP contribution in [-0.4, -0.2) is 16.7 Å². The average molecular weight is 152 g/mol. The second kappa shape index (κ2) is 2.34. The van der Waals surface area contributed by atoms with Crippen molar-refractivity contribution in [3.05, 3.63) is 23.0 Å². The van der Waals surface area contributed by atoms with Gasteiger partial charge >= 0.3 is 0 Å². The first kappa shape index (κ1) is 7.72. The molecule has 0 unspecified atom stereocenters. The molecular weight excluding hydrogens is 144 g/mol. The molecule has 1 aliphatic carbocycles. The minimum atomic E-state index is -0.396. The van der Waals surface area contributed by atoms with E-state index in [0.717, 1.165) is 0 Å². The highest BCUT2D eigenvalue weighted by Crippen LogP contribution is 2.20. The van der Waals surface area contributed by atoms with Gasteiger partial charge in [-0.2, -0.15) is 0 Å². The molecule has 0 spiro atoms. The number of ketones is 2. The first-order valence-corrected chi connectivity index (χ1v) is 3.21. The van der Waals surface area contributed by atoms with Gasteiger partial charge in [-0.25, -0.2) is 0 Å². The fourth-order valence-corrected chi connectivity index (χ4v) is 0.991. The molecule has 0 aromatic rings. The Balaban J connectivity index is 3.18. The van der Waals surface area contributed by atoms with Crippen molar-refractivity contribution in [3.63, 3.8) is 0 Å². The zero-order chi connectivity index (χ0) is 8.59. The van der Waals surface area contributed by atoms with Gasteiger partial charge in [0.1, 0.15) is 11.3 Å². The Kier molecular flexibility index (Phi) is 1.64. The molecule has 0 aromatic carbocycles. The summed E-state index contributed by atoms with van der Waals surface area (Å²) < 4.78 is 0. The van der Waals surface area contributed by atoms with Gasteiger partial charge in [-0.3, -0.25) is 9.59 Å². The summed E-state index contributed by atoms with van der Waals surface area (Å²) in [5, 5.41) is 9.17. The molecule has 3 nitrogen and oxygen atoms in total. The van der Waals surface area contributed by atoms with Crippen molar-refractivity contribution in [2.24, 2.45) is 0 Å². The summed E-state index contributed by atoms with van der Waals surface area (Å²) in [6.07, 6.45) is 1.26. The fourth-order valence-electron chi connectivity index (χ4n) is 0.991. The molecule has 1 rings (SSSR count). The Morgan fingerprint density at radius 1 is 1.55 bits per heavy atom. The Bertz CT molecular complexity index is 294. The van der Waals surface area contributed by atoms with Gasteiger partial charge in [0.05, 0.1) is 0 Å². The van der Waals surface area contributed by atoms with Gasteiger partial charge in [0, 0.05) is 0 Å². The standard InChI is InChI=1S/C8H8O3/c1-4-3-6(10)7(5(2)9)8(4)11/h3,11H,1-2H3. The van der Waals surface area contributed by atoms with Crippen LogP contribution in [0.25, 0.3) is 0 Å². The number of aliphatic hydroxyl groups excluding tert-OH is 1. The molecule has 0 bridgehead atoms. The number of rotatable bonds is 1. The molecule has 0 aromatic heterocycles. The largest absolute Gasteiger partial charge is 0.507 e. The highest BCUT2D eigenvalue weighted by atomic mass is 16.3. The van der Waals surface area contributed by atoms with E-state index in [1.54, 1.807) is 6.92 Å². The number of Topliss-reactive ketones (excluding diaryl/α,β-unsaturated/α-hetero) is 1. The van der Waals surface area contributed by atoms with Gasteiger partial charge < -0.3 is 5.11 Å². The van der Waals surface area contributed by atoms with Gasteiger partial charge in [0.25, 0.3) is 0 Å². The van der Waals surface area contributed by atoms with Gasteiger partial charge in [-0.1, -0.05) is 0 Å². The lowest BCUT2D eigenvalue weighted by atomic mass is 10.1. The Morgan fingerprint density at radius 2 is 2.09 bits per heavy atom. The first-order chi connectivity index (χ1) is 5.04. The monoisotopic (exact) mass is 152 g/mol. The maximum atomic E-state index is 10.9. The summed E-state index contributed by atoms with van der Waals surface area (Å²) in [4.78, 5) is 21.7. The van der Waals surface area contributed by atoms with E-state index in [2.05, 4.69) is 0 Å². The number of carbonyl (C=O) groups excluding carboxylic acids is 2. The molecule has 0 fully saturated rings. The lowest BCUT2D eigenvalue weighted by Crippen LogP contribution is -2.05. The van der Waals surface area contributed by atoms with Crippen LogP contribution in [0.5, 0.6) is 0 Å². The highest BCUT2D eigenvalue weighted by molar-refractivity contribution is 6.26. The smallest absolute Gasteiger partial charge is 0.193 e. The summed E-state index contributed by atoms with van der Waals surface area (Å²) in [6.45, 7) is 2.85. The number of hydrogen-bond acceptors (Lipinski definition) is 3. The number of allylic oxidation sites excluding steroid dienone is 3. The SMILES string of the molecule is CC(=O)C1=C(O)C(C)=CC1=O. The van der Waals surface area contributed by atoms with Crippen LogP contribution >= 0.6 is 0 Å². The molecule has 0 heterocycles. The van der Waals surface area contributed by atoms with Crippen LogP contribution in [0.4, 0.5) is 0 Å². The zero-order valence-corrected chi connectivity index (χ0v) is 6.34. The van der Waals surface area contributed by atoms with Crippen molar-refractivity contribution in [2.45, 2.75) is 13.8 Å². The second-order valence-electron chi connectivity index (χ2n) is 2.47. The van der Waals surface area contributed by atoms with E-state index in [-0.39, 0.29) is 17.1 Å². The van der Waals surface area contributed by atoms with Gasteiger partial charge in [0.15, 0.2) is 11.6 Å². The summed E-state index contributed by atoms with van der Waals surface area (Å²) in [6, 6.07) is 0. The van der Waals surface area contributed by atoms with Crippen LogP contribution in [-0.2, 0) is 9.59 Å². The van der Waals surface area contributed by atoms with E-state index in [1.165, 1.54) is 13.0 Å². The Labute approximate surface area is 64.0 Å². The van der Waals surface area contributed by atoms with E-state index in [9.17, 15) is 9.59 Å². The van der Waals surface area contributed by atoms with Crippen LogP contribution in [0.2, 0.25) is 0 Å². The zero-order valence-electron chi connectivity index (χ0n) is 6.34. The summed E-state index contributed by atoms with van der Waals surface area (Å²) in [5.41, 5.74) is 0.364. The van der Waals surface area contributed by atoms with E-state index in [4.69, 9.17) is 5.11 Å². The van der Waals surface area contributed by atoms with E-state index in [0.29, 0.717) is 5.57 Å². The van der Waals surface area contributed by atoms with Crippen LogP contribution in [0.3, 0.4) is 0 Å². The third-order valence-corrected chi connectivity index (χ3v) is 1.56. The minimum absolute atomic E-state index is 0.0949. The maximum Gasteiger partial charge on any atom is 0.193 e. The van der Waals surface area contributed by atoms with E-state index in [1.807, 2.05) is 0 Å². The second-order valence-corrected chi connectivity index (χ2v) is 2.47. The lowest BCUT2D eigenvalue weighted by molar-refractivity contribution is -0.118. The quantitative estimate of drug-likeness (QED) is 0.568. The highest BCUT2D eigenvalue weighted by Gasteiger charge is 2.24. The van der Waals surface area contributed by atoms with Crippen LogP contribution in [0.15, 0.2) is 23.0 Å². The van der Waals surface area contributed by atoms with Crippen molar-refractivity contribution < 1.29 is 14.7 Å². The third kappa shape index (κ3) is 1.09. The molecule has 11 heavy (non-hydrogen) atoms. The fraction of sp³-hybridized carbons (Fsp3) is 0.250. The van der Waals surface area contributed by atoms with Gasteiger partial charge in [0.2, 0.25) is 0 Å². The van der Waals surface area contributed by atoms with Crippen LogP contribution < -0.4 is 0 Å². The van der Waals surface area contributed by atoms with Crippen molar-refractivity contribution in [3.8, 4) is 0 Å². The van der Waals surface area contributed by atoms with Crippen LogP contribution in [0.1, 0.15) is 13.8 Å². The predicted molar refractivity (Wildman–Crippen MR) is 39.1 cm³/mol. The molecule has 58 valence electrons. The maximum absolute atomic E-state index is 10.9. The molecule has 0 radical (unpaired) electrons. The molecule has 1 N–H and O–H groups in total. The average Bonchev–Trinajstić information content (AvgIpc) is 2.07. The summed E-state index contributed by atoms with van der Waals surface area (Å²) >= 11 is 0. The molecule has 3 heteroatoms. The van der Waals surface area contributed by atoms with Crippen LogP contribution in [0, 0.1) is 0 Å². The Morgan fingerprint density at radius 3 is 2.27 bits per heavy atom. The Hall–Kier alpha value is -1.38. The number of hydrogen-bond donors (Lipinski definition) is 1. The number of carbonyl (C=O) groups is 2. The minimum Gasteiger partial charge on any atom is -0.507 e. The summed E-state index contributed by atoms with van der Waals surface area (Å²) in [7, 11) is 0. The van der Waals surface area contributed by atoms with Crippen molar-refractivity contribution in [2.75, 3.05) is 0 Å². The molecule has 1 aliphatic rings. The van der Waals surface area contributed by atoms with Gasteiger partial charge in [-0.05, 0) is 25.5 Å². The van der Waals surface area contributed by atoms with Gasteiger partial charge in [-0.15, -0.1) is 0 Å². The molecule has 0 aliphatic heterocycles. The van der Waals surface area contributed by atoms with E-state index < -0.39 is 5.78 Å². The first-order valence-electron chi connectivity index (χ1n) is 3.21. The third-order valence-electron chi connectivity index (χ3n) is 1.56. The molecule has 0 saturated carbocycles. The van der Waals surface area contributed by atoms with Crippen molar-refractivity contribution in [1.82, 2.24) is 0 Å². The predicted octanol–water partition coefficient (Wildman–Crippen LogP) is 0.916. The summed E-state index contributed by atoms with van der Waals surface area (Å²) in [5.74, 6) is -0.962. The van der Waals surface area contributed by atoms with E-state index >= 15 is 0 Å². The molecule has 0 amide bonds. The molecular formula is C8H8O3. The molecule has 0 atom stereocenters. The topological polar surface area (TPSA) is 54.4 Å². The number of aliphatic hydroxyl groups is 1. The lowest BCUT2D eigenvalue weighted by Gasteiger charge is -1.94. The van der Waals surface area contributed by atoms with Crippen molar-refractivity contribution >= 4 is 11.6 Å². The van der Waals surface area contributed by atoms with Crippen molar-refractivity contribution in [1.29, 1.82) is 0 Å².